The summed E-state index contributed by atoms with van der Waals surface area (Å²) < 4.78 is 7.85. The van der Waals surface area contributed by atoms with Crippen LogP contribution in [0.5, 0.6) is 5.75 Å². The number of hydrogen-bond donors (Lipinski definition) is 1. The lowest BCUT2D eigenvalue weighted by Crippen LogP contribution is -2.30. The Hall–Kier alpha value is -2.25. The van der Waals surface area contributed by atoms with Crippen LogP contribution in [0.15, 0.2) is 48.8 Å². The van der Waals surface area contributed by atoms with Crippen molar-refractivity contribution in [3.05, 3.63) is 80.1 Å². The number of rotatable bonds is 5. The van der Waals surface area contributed by atoms with Crippen LogP contribution in [-0.4, -0.2) is 22.6 Å². The molecule has 0 aliphatic carbocycles. The Kier molecular flexibility index (Phi) is 5.93. The van der Waals surface area contributed by atoms with Crippen LogP contribution in [0.25, 0.3) is 10.1 Å². The van der Waals surface area contributed by atoms with Crippen molar-refractivity contribution >= 4 is 62.1 Å². The van der Waals surface area contributed by atoms with Gasteiger partial charge in [0, 0.05) is 34.6 Å². The number of thiophene rings is 1. The molecule has 0 aliphatic heterocycles. The lowest BCUT2D eigenvalue weighted by atomic mass is 10.1. The maximum absolute atomic E-state index is 13.2. The normalized spacial score (nSPS) is 12.2. The number of imidazole rings is 1. The zero-order chi connectivity index (χ0) is 21.4. The summed E-state index contributed by atoms with van der Waals surface area (Å²) in [7, 11) is 3.48. The van der Waals surface area contributed by atoms with Crippen molar-refractivity contribution in [2.75, 3.05) is 7.11 Å². The van der Waals surface area contributed by atoms with Crippen molar-refractivity contribution in [1.29, 1.82) is 0 Å². The van der Waals surface area contributed by atoms with E-state index in [9.17, 15) is 4.79 Å². The number of nitrogens with one attached hydrogen (secondary N) is 1. The molecule has 1 unspecified atom stereocenters. The van der Waals surface area contributed by atoms with Gasteiger partial charge in [0.25, 0.3) is 5.91 Å². The molecule has 1 amide bonds. The number of fused-ring (bicyclic) bond motifs is 1. The van der Waals surface area contributed by atoms with Crippen LogP contribution in [-0.2, 0) is 7.05 Å². The summed E-state index contributed by atoms with van der Waals surface area (Å²) in [5.74, 6) is 1.09. The van der Waals surface area contributed by atoms with Crippen LogP contribution in [0.2, 0.25) is 15.1 Å². The van der Waals surface area contributed by atoms with E-state index < -0.39 is 6.04 Å². The summed E-state index contributed by atoms with van der Waals surface area (Å²) >= 11 is 20.2. The topological polar surface area (TPSA) is 56.1 Å². The molecule has 154 valence electrons. The minimum Gasteiger partial charge on any atom is -0.497 e. The first kappa shape index (κ1) is 21.0. The van der Waals surface area contributed by atoms with Gasteiger partial charge in [-0.25, -0.2) is 4.98 Å². The lowest BCUT2D eigenvalue weighted by molar-refractivity contribution is 0.0945. The molecule has 5 nitrogen and oxygen atoms in total. The largest absolute Gasteiger partial charge is 0.497 e. The van der Waals surface area contributed by atoms with Crippen LogP contribution < -0.4 is 10.1 Å². The number of nitrogens with zero attached hydrogens (tertiary/aromatic N) is 2. The van der Waals surface area contributed by atoms with E-state index in [1.165, 1.54) is 11.3 Å². The van der Waals surface area contributed by atoms with Gasteiger partial charge in [-0.1, -0.05) is 46.9 Å². The summed E-state index contributed by atoms with van der Waals surface area (Å²) in [6.45, 7) is 0. The van der Waals surface area contributed by atoms with E-state index in [2.05, 4.69) is 10.3 Å². The molecule has 0 aliphatic rings. The Morgan fingerprint density at radius 1 is 1.20 bits per heavy atom. The average molecular weight is 481 g/mol. The molecule has 30 heavy (non-hydrogen) atoms. The smallest absolute Gasteiger partial charge is 0.263 e. The van der Waals surface area contributed by atoms with E-state index in [4.69, 9.17) is 39.5 Å². The number of ether oxygens (including phenoxy) is 1. The molecule has 1 N–H and O–H groups in total. The van der Waals surface area contributed by atoms with Gasteiger partial charge in [0.2, 0.25) is 0 Å². The molecule has 0 spiro atoms. The summed E-state index contributed by atoms with van der Waals surface area (Å²) in [5, 5.41) is 4.88. The number of carbonyl (C=O) groups is 1. The lowest BCUT2D eigenvalue weighted by Gasteiger charge is -2.19. The molecule has 1 atom stereocenters. The van der Waals surface area contributed by atoms with Gasteiger partial charge in [-0.3, -0.25) is 4.79 Å². The number of halogens is 3. The number of aryl methyl sites for hydroxylation is 1. The first-order chi connectivity index (χ1) is 14.4. The molecule has 0 radical (unpaired) electrons. The zero-order valence-electron chi connectivity index (χ0n) is 15.9. The Bertz CT molecular complexity index is 1230. The third-order valence-corrected chi connectivity index (χ3v) is 6.84. The van der Waals surface area contributed by atoms with Gasteiger partial charge in [-0.15, -0.1) is 11.3 Å². The van der Waals surface area contributed by atoms with Gasteiger partial charge in [0.15, 0.2) is 0 Å². The first-order valence-corrected chi connectivity index (χ1v) is 10.8. The number of benzene rings is 2. The molecule has 9 heteroatoms. The van der Waals surface area contributed by atoms with Gasteiger partial charge in [0.1, 0.15) is 22.5 Å². The number of aromatic nitrogens is 2. The van der Waals surface area contributed by atoms with Gasteiger partial charge in [-0.05, 0) is 29.8 Å². The molecule has 0 saturated carbocycles. The van der Waals surface area contributed by atoms with Gasteiger partial charge in [0.05, 0.1) is 17.2 Å². The second-order valence-corrected chi connectivity index (χ2v) is 8.86. The van der Waals surface area contributed by atoms with Crippen LogP contribution in [0, 0.1) is 0 Å². The fourth-order valence-electron chi connectivity index (χ4n) is 3.20. The summed E-state index contributed by atoms with van der Waals surface area (Å²) in [6.07, 6.45) is 3.51. The van der Waals surface area contributed by atoms with Gasteiger partial charge < -0.3 is 14.6 Å². The highest BCUT2D eigenvalue weighted by Crippen LogP contribution is 2.41. The second-order valence-electron chi connectivity index (χ2n) is 6.58. The Morgan fingerprint density at radius 2 is 1.93 bits per heavy atom. The molecule has 0 bridgehead atoms. The molecular weight excluding hydrogens is 465 g/mol. The average Bonchev–Trinajstić information content (AvgIpc) is 3.29. The zero-order valence-corrected chi connectivity index (χ0v) is 19.0. The van der Waals surface area contributed by atoms with E-state index in [1.54, 1.807) is 25.4 Å². The predicted octanol–water partition coefficient (Wildman–Crippen LogP) is 6.12. The number of methoxy groups -OCH3 is 1. The van der Waals surface area contributed by atoms with E-state index in [0.29, 0.717) is 31.2 Å². The van der Waals surface area contributed by atoms with Gasteiger partial charge in [-0.2, -0.15) is 0 Å². The summed E-state index contributed by atoms with van der Waals surface area (Å²) in [5.41, 5.74) is 0.858. The molecule has 0 saturated heterocycles. The van der Waals surface area contributed by atoms with Crippen LogP contribution in [0.3, 0.4) is 0 Å². The molecule has 4 aromatic rings. The molecule has 0 fully saturated rings. The van der Waals surface area contributed by atoms with E-state index in [-0.39, 0.29) is 5.91 Å². The van der Waals surface area contributed by atoms with E-state index in [0.717, 1.165) is 16.0 Å². The molecule has 4 rings (SSSR count). The van der Waals surface area contributed by atoms with E-state index >= 15 is 0 Å². The van der Waals surface area contributed by atoms with Gasteiger partial charge >= 0.3 is 0 Å². The highest BCUT2D eigenvalue weighted by molar-refractivity contribution is 7.21. The van der Waals surface area contributed by atoms with Crippen molar-refractivity contribution < 1.29 is 9.53 Å². The number of amides is 1. The second kappa shape index (κ2) is 8.47. The first-order valence-electron chi connectivity index (χ1n) is 8.88. The Labute approximate surface area is 192 Å². The molecule has 2 aromatic heterocycles. The predicted molar refractivity (Wildman–Crippen MR) is 122 cm³/mol. The van der Waals surface area contributed by atoms with E-state index in [1.807, 2.05) is 42.1 Å². The third-order valence-electron chi connectivity index (χ3n) is 4.70. The van der Waals surface area contributed by atoms with Crippen molar-refractivity contribution in [3.8, 4) is 5.75 Å². The van der Waals surface area contributed by atoms with Crippen molar-refractivity contribution in [3.63, 3.8) is 0 Å². The minimum atomic E-state index is -0.483. The molecule has 2 heterocycles. The van der Waals surface area contributed by atoms with Crippen LogP contribution >= 0.6 is 46.1 Å². The molecule has 2 aromatic carbocycles. The third kappa shape index (κ3) is 3.88. The summed E-state index contributed by atoms with van der Waals surface area (Å²) in [6, 6.07) is 10.3. The SMILES string of the molecule is COc1ccc(C(NC(=O)c2sc3cc(Cl)cc(Cl)c3c2Cl)c2nccn2C)cc1. The monoisotopic (exact) mass is 479 g/mol. The standard InChI is InChI=1S/C21H16Cl3N3O2S/c1-27-8-7-25-20(27)18(11-3-5-13(29-2)6-4-11)26-21(28)19-17(24)16-14(23)9-12(22)10-15(16)30-19/h3-10,18H,1-2H3,(H,26,28). The number of hydrogen-bond acceptors (Lipinski definition) is 4. The van der Waals surface area contributed by atoms with Crippen LogP contribution in [0.4, 0.5) is 0 Å². The quantitative estimate of drug-likeness (QED) is 0.374. The fourth-order valence-corrected chi connectivity index (χ4v) is 5.48. The summed E-state index contributed by atoms with van der Waals surface area (Å²) in [4.78, 5) is 18.0. The Balaban J connectivity index is 1.74. The maximum Gasteiger partial charge on any atom is 0.263 e. The van der Waals surface area contributed by atoms with Crippen LogP contribution in [0.1, 0.15) is 27.1 Å². The minimum absolute atomic E-state index is 0.308. The Morgan fingerprint density at radius 3 is 2.57 bits per heavy atom. The van der Waals surface area contributed by atoms with Crippen molar-refractivity contribution in [2.45, 2.75) is 6.04 Å². The number of carbonyl (C=O) groups excluding carboxylic acids is 1. The maximum atomic E-state index is 13.2. The van der Waals surface area contributed by atoms with Crippen molar-refractivity contribution in [2.24, 2.45) is 7.05 Å². The molecular formula is C21H16Cl3N3O2S. The highest BCUT2D eigenvalue weighted by atomic mass is 35.5. The fraction of sp³-hybridized carbons (Fsp3) is 0.143. The van der Waals surface area contributed by atoms with Crippen molar-refractivity contribution in [1.82, 2.24) is 14.9 Å². The highest BCUT2D eigenvalue weighted by Gasteiger charge is 2.25.